The van der Waals surface area contributed by atoms with Crippen LogP contribution in [0.2, 0.25) is 5.02 Å². The van der Waals surface area contributed by atoms with Crippen molar-refractivity contribution in [2.45, 2.75) is 30.6 Å². The molecule has 0 spiro atoms. The molecule has 2 aromatic carbocycles. The quantitative estimate of drug-likeness (QED) is 0.679. The number of benzene rings is 2. The van der Waals surface area contributed by atoms with E-state index in [0.29, 0.717) is 10.9 Å². The minimum atomic E-state index is -3.71. The van der Waals surface area contributed by atoms with Gasteiger partial charge in [-0.25, -0.2) is 8.42 Å². The number of nitrogens with zero attached hydrogens (tertiary/aromatic N) is 1. The molecule has 0 unspecified atom stereocenters. The van der Waals surface area contributed by atoms with Crippen LogP contribution in [0.3, 0.4) is 0 Å². The molecule has 1 aromatic heterocycles. The standard InChI is InChI=1S/C18H16ClNO2S/c1-11-4-7-16-15(8-11)18(19)17(10-20-16)23(21,22)14-6-5-12(2)13(3)9-14/h4-10H,1-3H3. The Bertz CT molecular complexity index is 1030. The van der Waals surface area contributed by atoms with Gasteiger partial charge in [0.2, 0.25) is 9.84 Å². The van der Waals surface area contributed by atoms with Crippen molar-refractivity contribution in [1.29, 1.82) is 0 Å². The second-order valence-electron chi connectivity index (χ2n) is 5.71. The monoisotopic (exact) mass is 345 g/mol. The second-order valence-corrected chi connectivity index (χ2v) is 8.00. The number of rotatable bonds is 2. The molecule has 3 rings (SSSR count). The van der Waals surface area contributed by atoms with Crippen LogP contribution in [0.1, 0.15) is 16.7 Å². The van der Waals surface area contributed by atoms with Gasteiger partial charge in [-0.3, -0.25) is 4.98 Å². The Balaban J connectivity index is 2.26. The molecule has 3 nitrogen and oxygen atoms in total. The van der Waals surface area contributed by atoms with E-state index in [1.807, 2.05) is 39.0 Å². The lowest BCUT2D eigenvalue weighted by Gasteiger charge is -2.10. The SMILES string of the molecule is Cc1ccc2ncc(S(=O)(=O)c3ccc(C)c(C)c3)c(Cl)c2c1. The van der Waals surface area contributed by atoms with Gasteiger partial charge in [0.15, 0.2) is 0 Å². The first-order valence-corrected chi connectivity index (χ1v) is 9.04. The molecule has 0 aliphatic heterocycles. The first-order valence-electron chi connectivity index (χ1n) is 7.18. The molecule has 0 aliphatic rings. The molecular formula is C18H16ClNO2S. The van der Waals surface area contributed by atoms with E-state index >= 15 is 0 Å². The molecule has 5 heteroatoms. The molecule has 0 fully saturated rings. The van der Waals surface area contributed by atoms with Gasteiger partial charge in [0, 0.05) is 11.6 Å². The molecular weight excluding hydrogens is 330 g/mol. The van der Waals surface area contributed by atoms with Crippen LogP contribution in [-0.2, 0) is 9.84 Å². The van der Waals surface area contributed by atoms with E-state index in [-0.39, 0.29) is 14.8 Å². The van der Waals surface area contributed by atoms with Gasteiger partial charge in [-0.15, -0.1) is 0 Å². The normalized spacial score (nSPS) is 11.8. The summed E-state index contributed by atoms with van der Waals surface area (Å²) in [6, 6.07) is 10.7. The third-order valence-electron chi connectivity index (χ3n) is 4.00. The average Bonchev–Trinajstić information content (AvgIpc) is 2.50. The summed E-state index contributed by atoms with van der Waals surface area (Å²) in [5, 5.41) is 0.869. The van der Waals surface area contributed by atoms with Gasteiger partial charge < -0.3 is 0 Å². The summed E-state index contributed by atoms with van der Waals surface area (Å²) >= 11 is 6.40. The second kappa shape index (κ2) is 5.62. The van der Waals surface area contributed by atoms with Crippen LogP contribution < -0.4 is 0 Å². The Kier molecular flexibility index (Phi) is 3.90. The number of hydrogen-bond acceptors (Lipinski definition) is 3. The minimum absolute atomic E-state index is 0.0421. The molecule has 0 aliphatic carbocycles. The fourth-order valence-electron chi connectivity index (χ4n) is 2.45. The van der Waals surface area contributed by atoms with Crippen LogP contribution in [0.25, 0.3) is 10.9 Å². The molecule has 0 atom stereocenters. The Hall–Kier alpha value is -1.91. The van der Waals surface area contributed by atoms with Crippen LogP contribution >= 0.6 is 11.6 Å². The molecule has 0 N–H and O–H groups in total. The van der Waals surface area contributed by atoms with Crippen molar-refractivity contribution in [2.24, 2.45) is 0 Å². The van der Waals surface area contributed by atoms with Gasteiger partial charge in [-0.1, -0.05) is 29.3 Å². The summed E-state index contributed by atoms with van der Waals surface area (Å²) < 4.78 is 25.8. The molecule has 0 radical (unpaired) electrons. The predicted molar refractivity (Wildman–Crippen MR) is 92.9 cm³/mol. The van der Waals surface area contributed by atoms with Crippen molar-refractivity contribution in [1.82, 2.24) is 4.98 Å². The largest absolute Gasteiger partial charge is 0.255 e. The zero-order valence-electron chi connectivity index (χ0n) is 13.1. The first kappa shape index (κ1) is 16.0. The van der Waals surface area contributed by atoms with Crippen molar-refractivity contribution in [3.05, 3.63) is 64.3 Å². The Morgan fingerprint density at radius 1 is 0.957 bits per heavy atom. The zero-order chi connectivity index (χ0) is 16.8. The van der Waals surface area contributed by atoms with E-state index < -0.39 is 9.84 Å². The van der Waals surface area contributed by atoms with E-state index in [4.69, 9.17) is 11.6 Å². The van der Waals surface area contributed by atoms with Crippen LogP contribution in [0.15, 0.2) is 52.4 Å². The Morgan fingerprint density at radius 3 is 2.39 bits per heavy atom. The lowest BCUT2D eigenvalue weighted by atomic mass is 10.1. The summed E-state index contributed by atoms with van der Waals surface area (Å²) in [7, 11) is -3.71. The first-order chi connectivity index (χ1) is 10.8. The van der Waals surface area contributed by atoms with Gasteiger partial charge in [0.05, 0.1) is 15.4 Å². The van der Waals surface area contributed by atoms with Gasteiger partial charge in [0.1, 0.15) is 4.90 Å². The van der Waals surface area contributed by atoms with Gasteiger partial charge in [0.25, 0.3) is 0 Å². The predicted octanol–water partition coefficient (Wildman–Crippen LogP) is 4.65. The molecule has 23 heavy (non-hydrogen) atoms. The van der Waals surface area contributed by atoms with Crippen LogP contribution in [0.4, 0.5) is 0 Å². The number of fused-ring (bicyclic) bond motifs is 1. The topological polar surface area (TPSA) is 47.0 Å². The lowest BCUT2D eigenvalue weighted by molar-refractivity contribution is 0.596. The maximum Gasteiger partial charge on any atom is 0.209 e. The van der Waals surface area contributed by atoms with E-state index in [0.717, 1.165) is 16.7 Å². The Labute approximate surface area is 140 Å². The van der Waals surface area contributed by atoms with E-state index in [1.54, 1.807) is 18.2 Å². The fraction of sp³-hybridized carbons (Fsp3) is 0.167. The molecule has 0 amide bonds. The van der Waals surface area contributed by atoms with E-state index in [2.05, 4.69) is 4.98 Å². The molecule has 118 valence electrons. The average molecular weight is 346 g/mol. The van der Waals surface area contributed by atoms with Gasteiger partial charge >= 0.3 is 0 Å². The van der Waals surface area contributed by atoms with Crippen molar-refractivity contribution in [3.63, 3.8) is 0 Å². The maximum atomic E-state index is 12.9. The number of halogens is 1. The summed E-state index contributed by atoms with van der Waals surface area (Å²) in [6.45, 7) is 5.76. The number of aromatic nitrogens is 1. The highest BCUT2D eigenvalue weighted by atomic mass is 35.5. The van der Waals surface area contributed by atoms with Crippen LogP contribution in [0, 0.1) is 20.8 Å². The molecule has 0 bridgehead atoms. The highest BCUT2D eigenvalue weighted by Gasteiger charge is 2.23. The van der Waals surface area contributed by atoms with Crippen molar-refractivity contribution >= 4 is 32.3 Å². The lowest BCUT2D eigenvalue weighted by Crippen LogP contribution is -2.05. The summed E-state index contributed by atoms with van der Waals surface area (Å²) in [5.41, 5.74) is 3.65. The van der Waals surface area contributed by atoms with Gasteiger partial charge in [-0.05, 0) is 56.2 Å². The number of aryl methyl sites for hydroxylation is 3. The van der Waals surface area contributed by atoms with E-state index in [1.165, 1.54) is 6.20 Å². The van der Waals surface area contributed by atoms with Crippen LogP contribution in [-0.4, -0.2) is 13.4 Å². The van der Waals surface area contributed by atoms with Crippen molar-refractivity contribution in [2.75, 3.05) is 0 Å². The van der Waals surface area contributed by atoms with E-state index in [9.17, 15) is 8.42 Å². The minimum Gasteiger partial charge on any atom is -0.255 e. The molecule has 3 aromatic rings. The summed E-state index contributed by atoms with van der Waals surface area (Å²) in [5.74, 6) is 0. The van der Waals surface area contributed by atoms with Crippen molar-refractivity contribution < 1.29 is 8.42 Å². The molecule has 0 saturated carbocycles. The smallest absolute Gasteiger partial charge is 0.209 e. The summed E-state index contributed by atoms with van der Waals surface area (Å²) in [6.07, 6.45) is 1.34. The maximum absolute atomic E-state index is 12.9. The number of hydrogen-bond donors (Lipinski definition) is 0. The van der Waals surface area contributed by atoms with Gasteiger partial charge in [-0.2, -0.15) is 0 Å². The summed E-state index contributed by atoms with van der Waals surface area (Å²) in [4.78, 5) is 4.53. The zero-order valence-corrected chi connectivity index (χ0v) is 14.7. The van der Waals surface area contributed by atoms with Crippen molar-refractivity contribution in [3.8, 4) is 0 Å². The number of sulfone groups is 1. The highest BCUT2D eigenvalue weighted by Crippen LogP contribution is 2.33. The molecule has 0 saturated heterocycles. The third-order valence-corrected chi connectivity index (χ3v) is 6.29. The fourth-order valence-corrected chi connectivity index (χ4v) is 4.33. The molecule has 1 heterocycles. The highest BCUT2D eigenvalue weighted by molar-refractivity contribution is 7.91. The Morgan fingerprint density at radius 2 is 1.70 bits per heavy atom. The van der Waals surface area contributed by atoms with Crippen LogP contribution in [0.5, 0.6) is 0 Å². The number of pyridine rings is 1. The third kappa shape index (κ3) is 2.73.